The first-order valence-corrected chi connectivity index (χ1v) is 3.35. The van der Waals surface area contributed by atoms with Crippen molar-refractivity contribution in [1.82, 2.24) is 5.64 Å². The van der Waals surface area contributed by atoms with Crippen molar-refractivity contribution in [2.24, 2.45) is 0 Å². The molecule has 0 aliphatic carbocycles. The van der Waals surface area contributed by atoms with Crippen LogP contribution in [0.5, 0.6) is 0 Å². The monoisotopic (exact) mass is 209 g/mol. The van der Waals surface area contributed by atoms with E-state index >= 15 is 0 Å². The molecule has 13 heavy (non-hydrogen) atoms. The molecule has 0 spiro atoms. The van der Waals surface area contributed by atoms with E-state index in [0.29, 0.717) is 0 Å². The first-order chi connectivity index (χ1) is 5.20. The quantitative estimate of drug-likeness (QED) is 0.370. The van der Waals surface area contributed by atoms with Gasteiger partial charge in [-0.25, -0.2) is 0 Å². The summed E-state index contributed by atoms with van der Waals surface area (Å²) in [6.07, 6.45) is 0.466. The van der Waals surface area contributed by atoms with Crippen molar-refractivity contribution in [3.05, 3.63) is 0 Å². The van der Waals surface area contributed by atoms with Crippen LogP contribution in [-0.2, 0) is 19.3 Å². The zero-order valence-electron chi connectivity index (χ0n) is 10.5. The second-order valence-electron chi connectivity index (χ2n) is 1.74. The Bertz CT molecular complexity index is 146. The molecule has 0 amide bonds. The van der Waals surface area contributed by atoms with Gasteiger partial charge in [0, 0.05) is 18.5 Å². The van der Waals surface area contributed by atoms with Crippen LogP contribution in [0, 0.1) is 0 Å². The van der Waals surface area contributed by atoms with Crippen molar-refractivity contribution in [3.8, 4) is 0 Å². The molecule has 0 aromatic carbocycles. The van der Waals surface area contributed by atoms with Crippen LogP contribution < -0.4 is 64.8 Å². The summed E-state index contributed by atoms with van der Waals surface area (Å²) in [5.41, 5.74) is 1.79. The van der Waals surface area contributed by atoms with E-state index in [1.54, 1.807) is 19.5 Å². The van der Waals surface area contributed by atoms with Gasteiger partial charge in [0.15, 0.2) is 0 Å². The Morgan fingerprint density at radius 3 is 1.62 bits per heavy atom. The molecule has 5 nitrogen and oxygen atoms in total. The van der Waals surface area contributed by atoms with Crippen molar-refractivity contribution in [2.75, 3.05) is 0 Å². The van der Waals surface area contributed by atoms with Gasteiger partial charge in [0.2, 0.25) is 0 Å². The number of carbonyl (C=O) groups is 2. The third kappa shape index (κ3) is 12.9. The van der Waals surface area contributed by atoms with Crippen molar-refractivity contribution in [1.29, 1.82) is 0 Å². The maximum atomic E-state index is 10.4. The van der Waals surface area contributed by atoms with Crippen molar-refractivity contribution < 1.29 is 81.2 Å². The summed E-state index contributed by atoms with van der Waals surface area (Å²) in [6.45, 7) is 3.26. The van der Waals surface area contributed by atoms with Crippen molar-refractivity contribution in [2.45, 2.75) is 26.7 Å². The van der Waals surface area contributed by atoms with E-state index in [0.717, 1.165) is 0 Å². The Morgan fingerprint density at radius 2 is 1.38 bits per heavy atom. The third-order valence-electron chi connectivity index (χ3n) is 0.888. The van der Waals surface area contributed by atoms with Gasteiger partial charge in [-0.1, -0.05) is 13.8 Å². The molecular weight excluding hydrogens is 196 g/mol. The molecule has 1 N–H and O–H groups in total. The topological polar surface area (TPSA) is 64.6 Å². The predicted molar refractivity (Wildman–Crippen MR) is 38.1 cm³/mol. The standard InChI is InChI=1S/C6H11NO4.2Na.2H/c1-3-5(8)10-7-11-6(9)4-2;;;;/h7H,3-4H2,1-2H3;;;;/q;2*+1;2*-1. The largest absolute Gasteiger partial charge is 1.00 e. The zero-order chi connectivity index (χ0) is 8.69. The van der Waals surface area contributed by atoms with Crippen LogP contribution >= 0.6 is 0 Å². The molecule has 0 saturated carbocycles. The summed E-state index contributed by atoms with van der Waals surface area (Å²) in [6, 6.07) is 0. The fourth-order valence-electron chi connectivity index (χ4n) is 0.258. The molecule has 0 aliphatic heterocycles. The van der Waals surface area contributed by atoms with Crippen LogP contribution in [-0.4, -0.2) is 11.9 Å². The number of carbonyl (C=O) groups excluding carboxylic acids is 2. The van der Waals surface area contributed by atoms with Crippen LogP contribution in [0.1, 0.15) is 29.5 Å². The second kappa shape index (κ2) is 12.9. The normalized spacial score (nSPS) is 7.54. The van der Waals surface area contributed by atoms with E-state index in [1.165, 1.54) is 0 Å². The van der Waals surface area contributed by atoms with E-state index in [1.807, 2.05) is 0 Å². The Balaban J connectivity index is -0.0000000833. The number of hydrogen-bond donors (Lipinski definition) is 1. The minimum Gasteiger partial charge on any atom is -1.00 e. The minimum atomic E-state index is -0.478. The van der Waals surface area contributed by atoms with Gasteiger partial charge in [-0.3, -0.25) is 9.59 Å². The Labute approximate surface area is 124 Å². The molecule has 0 unspecified atom stereocenters. The van der Waals surface area contributed by atoms with Gasteiger partial charge in [-0.05, 0) is 0 Å². The number of hydrogen-bond acceptors (Lipinski definition) is 5. The van der Waals surface area contributed by atoms with Crippen LogP contribution in [0.3, 0.4) is 0 Å². The van der Waals surface area contributed by atoms with E-state index in [9.17, 15) is 9.59 Å². The predicted octanol–water partition coefficient (Wildman–Crippen LogP) is -5.45. The average Bonchev–Trinajstić information content (AvgIpc) is 2.04. The smallest absolute Gasteiger partial charge is 1.00 e. The van der Waals surface area contributed by atoms with Crippen molar-refractivity contribution >= 4 is 11.9 Å². The van der Waals surface area contributed by atoms with E-state index < -0.39 is 11.9 Å². The van der Waals surface area contributed by atoms with Gasteiger partial charge in [0.05, 0.1) is 0 Å². The molecule has 0 aromatic heterocycles. The molecule has 0 rings (SSSR count). The Hall–Kier alpha value is 0.900. The molecule has 68 valence electrons. The van der Waals surface area contributed by atoms with Crippen LogP contribution in [0.15, 0.2) is 0 Å². The first-order valence-electron chi connectivity index (χ1n) is 3.35. The zero-order valence-corrected chi connectivity index (χ0v) is 12.5. The van der Waals surface area contributed by atoms with Gasteiger partial charge in [0.1, 0.15) is 0 Å². The molecule has 0 heterocycles. The van der Waals surface area contributed by atoms with Crippen LogP contribution in [0.25, 0.3) is 0 Å². The third-order valence-corrected chi connectivity index (χ3v) is 0.888. The molecule has 0 radical (unpaired) electrons. The molecule has 7 heteroatoms. The summed E-state index contributed by atoms with van der Waals surface area (Å²) in [5, 5.41) is 0. The minimum absolute atomic E-state index is 0. The SMILES string of the molecule is CCC(=O)ONOC(=O)CC.[H-].[H-].[Na+].[Na+]. The molecule has 0 fully saturated rings. The van der Waals surface area contributed by atoms with E-state index in [4.69, 9.17) is 0 Å². The Kier molecular flexibility index (Phi) is 19.3. The summed E-state index contributed by atoms with van der Waals surface area (Å²) in [7, 11) is 0. The fourth-order valence-corrected chi connectivity index (χ4v) is 0.258. The van der Waals surface area contributed by atoms with Crippen LogP contribution in [0.4, 0.5) is 0 Å². The van der Waals surface area contributed by atoms with Crippen LogP contribution in [0.2, 0.25) is 0 Å². The summed E-state index contributed by atoms with van der Waals surface area (Å²) < 4.78 is 0. The molecule has 0 aliphatic rings. The fraction of sp³-hybridized carbons (Fsp3) is 0.667. The Morgan fingerprint density at radius 1 is 1.08 bits per heavy atom. The van der Waals surface area contributed by atoms with E-state index in [2.05, 4.69) is 9.68 Å². The average molecular weight is 209 g/mol. The first kappa shape index (κ1) is 19.5. The number of rotatable bonds is 4. The molecule has 0 bridgehead atoms. The van der Waals surface area contributed by atoms with Gasteiger partial charge >= 0.3 is 71.1 Å². The molecule has 0 atom stereocenters. The van der Waals surface area contributed by atoms with E-state index in [-0.39, 0.29) is 74.8 Å². The second-order valence-corrected chi connectivity index (χ2v) is 1.74. The van der Waals surface area contributed by atoms with Gasteiger partial charge in [-0.15, -0.1) is 0 Å². The maximum absolute atomic E-state index is 10.4. The molecule has 0 aromatic rings. The number of nitrogens with one attached hydrogen (secondary N) is 1. The van der Waals surface area contributed by atoms with Gasteiger partial charge in [-0.2, -0.15) is 0 Å². The maximum Gasteiger partial charge on any atom is 1.00 e. The summed E-state index contributed by atoms with van der Waals surface area (Å²) in [4.78, 5) is 29.3. The van der Waals surface area contributed by atoms with Crippen molar-refractivity contribution in [3.63, 3.8) is 0 Å². The molecule has 0 saturated heterocycles. The summed E-state index contributed by atoms with van der Waals surface area (Å²) in [5.74, 6) is -0.956. The summed E-state index contributed by atoms with van der Waals surface area (Å²) >= 11 is 0. The van der Waals surface area contributed by atoms with Gasteiger partial charge < -0.3 is 12.5 Å². The van der Waals surface area contributed by atoms with Gasteiger partial charge in [0.25, 0.3) is 0 Å². The molecular formula is C6H13NNa2O4.